The average molecular weight is 445 g/mol. The van der Waals surface area contributed by atoms with E-state index < -0.39 is 17.7 Å². The van der Waals surface area contributed by atoms with Crippen LogP contribution in [0.3, 0.4) is 0 Å². The fourth-order valence-electron chi connectivity index (χ4n) is 3.55. The minimum Gasteiger partial charge on any atom is -0.507 e. The van der Waals surface area contributed by atoms with E-state index in [2.05, 4.69) is 0 Å². The van der Waals surface area contributed by atoms with Gasteiger partial charge in [-0.05, 0) is 50.0 Å². The van der Waals surface area contributed by atoms with Crippen LogP contribution in [0.25, 0.3) is 5.76 Å². The summed E-state index contributed by atoms with van der Waals surface area (Å²) < 4.78 is 10.5. The number of aliphatic hydroxyl groups excluding tert-OH is 1. The number of ketones is 1. The Morgan fingerprint density at radius 1 is 1.13 bits per heavy atom. The number of carbonyl (C=O) groups is 2. The van der Waals surface area contributed by atoms with E-state index in [1.54, 1.807) is 43.5 Å². The van der Waals surface area contributed by atoms with Crippen molar-refractivity contribution in [3.63, 3.8) is 0 Å². The van der Waals surface area contributed by atoms with Crippen molar-refractivity contribution < 1.29 is 24.2 Å². The molecule has 2 aromatic carbocycles. The summed E-state index contributed by atoms with van der Waals surface area (Å²) in [6, 6.07) is 11.1. The van der Waals surface area contributed by atoms with Gasteiger partial charge in [0.2, 0.25) is 0 Å². The number of methoxy groups -OCH3 is 2. The molecule has 0 spiro atoms. The zero-order valence-corrected chi connectivity index (χ0v) is 18.6. The molecule has 1 aliphatic rings. The second kappa shape index (κ2) is 9.41. The molecule has 1 amide bonds. The van der Waals surface area contributed by atoms with E-state index in [-0.39, 0.29) is 16.4 Å². The lowest BCUT2D eigenvalue weighted by molar-refractivity contribution is -0.140. The topological polar surface area (TPSA) is 79.3 Å². The first-order chi connectivity index (χ1) is 14.8. The number of amides is 1. The van der Waals surface area contributed by atoms with E-state index >= 15 is 0 Å². The largest absolute Gasteiger partial charge is 0.507 e. The molecule has 0 radical (unpaired) electrons. The first-order valence-corrected chi connectivity index (χ1v) is 10.1. The van der Waals surface area contributed by atoms with Gasteiger partial charge < -0.3 is 24.4 Å². The van der Waals surface area contributed by atoms with Crippen molar-refractivity contribution >= 4 is 29.1 Å². The lowest BCUT2D eigenvalue weighted by Gasteiger charge is -2.26. The Balaban J connectivity index is 2.17. The van der Waals surface area contributed by atoms with Crippen LogP contribution in [0.1, 0.15) is 17.2 Å². The third-order valence-corrected chi connectivity index (χ3v) is 5.46. The lowest BCUT2D eigenvalue weighted by Crippen LogP contribution is -2.35. The van der Waals surface area contributed by atoms with Crippen LogP contribution in [0.2, 0.25) is 5.02 Å². The fourth-order valence-corrected chi connectivity index (χ4v) is 3.80. The highest BCUT2D eigenvalue weighted by Crippen LogP contribution is 2.40. The van der Waals surface area contributed by atoms with Crippen molar-refractivity contribution in [2.45, 2.75) is 6.04 Å². The van der Waals surface area contributed by atoms with Gasteiger partial charge in [-0.1, -0.05) is 23.7 Å². The maximum absolute atomic E-state index is 13.0. The molecule has 0 aromatic heterocycles. The molecule has 1 N–H and O–H groups in total. The Morgan fingerprint density at radius 3 is 2.48 bits per heavy atom. The zero-order valence-electron chi connectivity index (χ0n) is 17.9. The first-order valence-electron chi connectivity index (χ1n) is 9.69. The standard InChI is InChI=1S/C23H25ClN2O5/c1-25(2)10-11-26-20(14-6-5-7-16(12-14)30-3)19(22(28)23(26)29)21(27)15-8-9-18(31-4)17(24)13-15/h5-9,12-13,20,27H,10-11H2,1-4H3/t20-/m1/s1. The highest BCUT2D eigenvalue weighted by Gasteiger charge is 2.46. The minimum atomic E-state index is -0.754. The number of halogens is 1. The van der Waals surface area contributed by atoms with Gasteiger partial charge in [0.25, 0.3) is 11.7 Å². The summed E-state index contributed by atoms with van der Waals surface area (Å²) in [7, 11) is 6.80. The van der Waals surface area contributed by atoms with Crippen molar-refractivity contribution in [1.29, 1.82) is 0 Å². The molecule has 3 rings (SSSR count). The summed E-state index contributed by atoms with van der Waals surface area (Å²) in [5, 5.41) is 11.4. The number of likely N-dealkylation sites (tertiary alicyclic amines) is 1. The molecule has 164 valence electrons. The number of nitrogens with zero attached hydrogens (tertiary/aromatic N) is 2. The molecule has 8 heteroatoms. The molecule has 0 bridgehead atoms. The summed E-state index contributed by atoms with van der Waals surface area (Å²) in [6.45, 7) is 0.876. The van der Waals surface area contributed by atoms with Gasteiger partial charge in [-0.3, -0.25) is 9.59 Å². The highest BCUT2D eigenvalue weighted by molar-refractivity contribution is 6.46. The molecule has 1 heterocycles. The highest BCUT2D eigenvalue weighted by atomic mass is 35.5. The molecule has 1 fully saturated rings. The Kier molecular flexibility index (Phi) is 6.87. The summed E-state index contributed by atoms with van der Waals surface area (Å²) in [5.74, 6) is -0.660. The Hall–Kier alpha value is -3.03. The van der Waals surface area contributed by atoms with Crippen molar-refractivity contribution in [3.05, 3.63) is 64.2 Å². The van der Waals surface area contributed by atoms with Crippen LogP contribution in [0, 0.1) is 0 Å². The quantitative estimate of drug-likeness (QED) is 0.401. The van der Waals surface area contributed by atoms with Crippen molar-refractivity contribution in [2.75, 3.05) is 41.4 Å². The van der Waals surface area contributed by atoms with Gasteiger partial charge in [-0.25, -0.2) is 0 Å². The van der Waals surface area contributed by atoms with Gasteiger partial charge in [0.1, 0.15) is 17.3 Å². The van der Waals surface area contributed by atoms with E-state index in [1.165, 1.54) is 18.1 Å². The molecule has 0 aliphatic carbocycles. The van der Waals surface area contributed by atoms with Gasteiger partial charge in [0.15, 0.2) is 0 Å². The number of aliphatic hydroxyl groups is 1. The van der Waals surface area contributed by atoms with Crippen LogP contribution in [0.15, 0.2) is 48.0 Å². The molecule has 7 nitrogen and oxygen atoms in total. The van der Waals surface area contributed by atoms with Crippen LogP contribution in [-0.2, 0) is 9.59 Å². The van der Waals surface area contributed by atoms with Crippen LogP contribution < -0.4 is 9.47 Å². The van der Waals surface area contributed by atoms with E-state index in [1.807, 2.05) is 19.0 Å². The normalized spacial score (nSPS) is 18.0. The molecule has 1 aliphatic heterocycles. The predicted octanol–water partition coefficient (Wildman–Crippen LogP) is 3.34. The zero-order chi connectivity index (χ0) is 22.7. The lowest BCUT2D eigenvalue weighted by atomic mass is 9.95. The number of likely N-dealkylation sites (N-methyl/N-ethyl adjacent to an activating group) is 1. The molecule has 31 heavy (non-hydrogen) atoms. The van der Waals surface area contributed by atoms with Crippen LogP contribution in [0.5, 0.6) is 11.5 Å². The van der Waals surface area contributed by atoms with E-state index in [0.29, 0.717) is 35.7 Å². The molecule has 1 atom stereocenters. The van der Waals surface area contributed by atoms with Gasteiger partial charge in [0.05, 0.1) is 30.9 Å². The number of hydrogen-bond acceptors (Lipinski definition) is 6. The third-order valence-electron chi connectivity index (χ3n) is 5.16. The minimum absolute atomic E-state index is 0.0123. The van der Waals surface area contributed by atoms with Crippen LogP contribution in [0.4, 0.5) is 0 Å². The number of ether oxygens (including phenoxy) is 2. The van der Waals surface area contributed by atoms with Crippen molar-refractivity contribution in [1.82, 2.24) is 9.80 Å². The maximum atomic E-state index is 13.0. The summed E-state index contributed by atoms with van der Waals surface area (Å²) >= 11 is 6.21. The number of hydrogen-bond donors (Lipinski definition) is 1. The van der Waals surface area contributed by atoms with Gasteiger partial charge >= 0.3 is 0 Å². The smallest absolute Gasteiger partial charge is 0.295 e. The van der Waals surface area contributed by atoms with Crippen molar-refractivity contribution in [3.8, 4) is 11.5 Å². The second-order valence-corrected chi connectivity index (χ2v) is 7.83. The number of Topliss-reactive ketones (excluding diaryl/α,β-unsaturated/α-hetero) is 1. The van der Waals surface area contributed by atoms with E-state index in [4.69, 9.17) is 21.1 Å². The summed E-state index contributed by atoms with van der Waals surface area (Å²) in [5.41, 5.74) is 1.00. The Morgan fingerprint density at radius 2 is 1.87 bits per heavy atom. The van der Waals surface area contributed by atoms with Gasteiger partial charge in [-0.15, -0.1) is 0 Å². The Bertz CT molecular complexity index is 1030. The van der Waals surface area contributed by atoms with Gasteiger partial charge in [0, 0.05) is 18.7 Å². The Labute approximate surface area is 186 Å². The summed E-state index contributed by atoms with van der Waals surface area (Å²) in [4.78, 5) is 29.3. The van der Waals surface area contributed by atoms with Crippen LogP contribution in [-0.4, -0.2) is 68.0 Å². The molecular weight excluding hydrogens is 420 g/mol. The van der Waals surface area contributed by atoms with Crippen LogP contribution >= 0.6 is 11.6 Å². The summed E-state index contributed by atoms with van der Waals surface area (Å²) in [6.07, 6.45) is 0. The monoisotopic (exact) mass is 444 g/mol. The SMILES string of the molecule is COc1cccc([C@@H]2C(=C(O)c3ccc(OC)c(Cl)c3)C(=O)C(=O)N2CCN(C)C)c1. The van der Waals surface area contributed by atoms with E-state index in [9.17, 15) is 14.7 Å². The molecule has 0 unspecified atom stereocenters. The van der Waals surface area contributed by atoms with E-state index in [0.717, 1.165) is 0 Å². The molecular formula is C23H25ClN2O5. The molecule has 0 saturated carbocycles. The average Bonchev–Trinajstić information content (AvgIpc) is 3.01. The fraction of sp³-hybridized carbons (Fsp3) is 0.304. The number of rotatable bonds is 7. The van der Waals surface area contributed by atoms with Gasteiger partial charge in [-0.2, -0.15) is 0 Å². The maximum Gasteiger partial charge on any atom is 0.295 e. The number of carbonyl (C=O) groups excluding carboxylic acids is 2. The predicted molar refractivity (Wildman–Crippen MR) is 119 cm³/mol. The number of benzene rings is 2. The second-order valence-electron chi connectivity index (χ2n) is 7.42. The molecule has 2 aromatic rings. The third kappa shape index (κ3) is 4.52. The first kappa shape index (κ1) is 22.7. The van der Waals surface area contributed by atoms with Crippen molar-refractivity contribution in [2.24, 2.45) is 0 Å². The molecule has 1 saturated heterocycles.